The van der Waals surface area contributed by atoms with Crippen molar-refractivity contribution in [3.05, 3.63) is 22.7 Å². The summed E-state index contributed by atoms with van der Waals surface area (Å²) in [5.74, 6) is -0.286. The van der Waals surface area contributed by atoms with Gasteiger partial charge in [-0.2, -0.15) is 14.6 Å². The largest absolute Gasteiger partial charge is 0.705 e. The van der Waals surface area contributed by atoms with Crippen molar-refractivity contribution in [1.82, 2.24) is 9.55 Å². The zero-order chi connectivity index (χ0) is 24.5. The highest BCUT2D eigenvalue weighted by Gasteiger charge is 2.65. The van der Waals surface area contributed by atoms with E-state index in [2.05, 4.69) is 18.1 Å². The summed E-state index contributed by atoms with van der Waals surface area (Å²) in [6, 6.07) is 2.39. The summed E-state index contributed by atoms with van der Waals surface area (Å²) in [6.07, 6.45) is -3.88. The van der Waals surface area contributed by atoms with Crippen molar-refractivity contribution in [3.8, 4) is 6.07 Å². The molecule has 3 unspecified atom stereocenters. The molecule has 17 nitrogen and oxygen atoms in total. The smallest absolute Gasteiger partial charge is 0.387 e. The SMILES string of the molecule is N#C[C@@]1(n2ccc(N)nc2=O)O[C@](CF)(COP(=O)(O)OP(=O)(O)O[P+](=O)O)[C@@H](O)[C@H]1O. The lowest BCUT2D eigenvalue weighted by Crippen LogP contribution is -2.49. The van der Waals surface area contributed by atoms with Gasteiger partial charge >= 0.3 is 29.6 Å². The third-order valence-electron chi connectivity index (χ3n) is 4.02. The van der Waals surface area contributed by atoms with Crippen LogP contribution in [0, 0.1) is 11.3 Å². The van der Waals surface area contributed by atoms with E-state index in [0.717, 1.165) is 12.3 Å². The summed E-state index contributed by atoms with van der Waals surface area (Å²) in [4.78, 5) is 42.5. The number of aromatic nitrogens is 2. The summed E-state index contributed by atoms with van der Waals surface area (Å²) < 4.78 is 64.6. The Hall–Kier alpha value is -1.70. The van der Waals surface area contributed by atoms with Gasteiger partial charge in [0, 0.05) is 10.8 Å². The lowest BCUT2D eigenvalue weighted by atomic mass is 9.95. The van der Waals surface area contributed by atoms with Crippen LogP contribution in [0.1, 0.15) is 0 Å². The predicted molar refractivity (Wildman–Crippen MR) is 95.9 cm³/mol. The van der Waals surface area contributed by atoms with E-state index >= 15 is 0 Å². The topological polar surface area (TPSA) is 274 Å². The van der Waals surface area contributed by atoms with Crippen LogP contribution in [0.2, 0.25) is 0 Å². The molecule has 0 radical (unpaired) electrons. The number of nitrogens with two attached hydrogens (primary N) is 1. The number of alkyl halides is 1. The van der Waals surface area contributed by atoms with Crippen LogP contribution >= 0.6 is 23.9 Å². The van der Waals surface area contributed by atoms with E-state index in [1.165, 1.54) is 6.07 Å². The molecule has 0 bridgehead atoms. The van der Waals surface area contributed by atoms with E-state index in [4.69, 9.17) is 20.3 Å². The summed E-state index contributed by atoms with van der Waals surface area (Å²) in [7, 11) is -15.0. The van der Waals surface area contributed by atoms with Crippen LogP contribution in [0.4, 0.5) is 10.2 Å². The highest BCUT2D eigenvalue weighted by Crippen LogP contribution is 2.63. The number of aliphatic hydroxyl groups is 2. The molecule has 7 N–H and O–H groups in total. The number of nitrogen functional groups attached to an aromatic ring is 1. The van der Waals surface area contributed by atoms with Gasteiger partial charge in [-0.1, -0.05) is 0 Å². The summed E-state index contributed by atoms with van der Waals surface area (Å²) >= 11 is 0. The van der Waals surface area contributed by atoms with Crippen LogP contribution in [-0.2, 0) is 37.3 Å². The van der Waals surface area contributed by atoms with Crippen LogP contribution in [0.25, 0.3) is 0 Å². The molecule has 1 fully saturated rings. The summed E-state index contributed by atoms with van der Waals surface area (Å²) in [5, 5.41) is 30.2. The molecule has 1 aromatic heterocycles. The minimum absolute atomic E-state index is 0.286. The number of ether oxygens (including phenoxy) is 1. The maximum Gasteiger partial charge on any atom is 0.705 e. The van der Waals surface area contributed by atoms with Crippen molar-refractivity contribution >= 4 is 29.7 Å². The number of hydrogen-bond acceptors (Lipinski definition) is 13. The Morgan fingerprint density at radius 1 is 1.38 bits per heavy atom. The Balaban J connectivity index is 2.36. The van der Waals surface area contributed by atoms with Gasteiger partial charge < -0.3 is 25.6 Å². The van der Waals surface area contributed by atoms with E-state index in [9.17, 15) is 43.2 Å². The Morgan fingerprint density at radius 2 is 2.00 bits per heavy atom. The molecule has 2 heterocycles. The number of nitriles is 1. The van der Waals surface area contributed by atoms with Gasteiger partial charge in [0.05, 0.1) is 6.61 Å². The molecule has 21 heteroatoms. The van der Waals surface area contributed by atoms with Crippen LogP contribution in [0.5, 0.6) is 0 Å². The second-order valence-electron chi connectivity index (χ2n) is 6.12. The molecule has 0 saturated carbocycles. The fraction of sp³-hybridized carbons (Fsp3) is 0.545. The molecule has 0 aliphatic carbocycles. The average Bonchev–Trinajstić information content (AvgIpc) is 2.87. The predicted octanol–water partition coefficient (Wildman–Crippen LogP) is -1.64. The number of phosphoric ester groups is 1. The van der Waals surface area contributed by atoms with Gasteiger partial charge in [0.2, 0.25) is 0 Å². The first-order valence-electron chi connectivity index (χ1n) is 7.90. The number of halogens is 1. The van der Waals surface area contributed by atoms with Gasteiger partial charge in [0.15, 0.2) is 5.60 Å². The number of anilines is 1. The first kappa shape index (κ1) is 26.6. The van der Waals surface area contributed by atoms with Crippen LogP contribution in [-0.4, -0.2) is 65.5 Å². The van der Waals surface area contributed by atoms with Gasteiger partial charge in [-0.05, 0) is 10.4 Å². The second-order valence-corrected chi connectivity index (χ2v) is 10.0. The zero-order valence-electron chi connectivity index (χ0n) is 15.4. The quantitative estimate of drug-likeness (QED) is 0.198. The maximum atomic E-state index is 13.9. The molecule has 1 aliphatic rings. The minimum Gasteiger partial charge on any atom is -0.387 e. The molecule has 1 aliphatic heterocycles. The van der Waals surface area contributed by atoms with Crippen LogP contribution in [0.3, 0.4) is 0 Å². The van der Waals surface area contributed by atoms with Gasteiger partial charge in [-0.25, -0.2) is 18.3 Å². The number of phosphoric acid groups is 2. The third-order valence-corrected chi connectivity index (χ3v) is 7.51. The normalized spacial score (nSPS) is 32.0. The lowest BCUT2D eigenvalue weighted by Gasteiger charge is -2.30. The molecule has 7 atom stereocenters. The Bertz CT molecular complexity index is 1100. The van der Waals surface area contributed by atoms with Crippen molar-refractivity contribution in [2.24, 2.45) is 0 Å². The van der Waals surface area contributed by atoms with Gasteiger partial charge in [0.1, 0.15) is 30.8 Å². The summed E-state index contributed by atoms with van der Waals surface area (Å²) in [5.41, 5.74) is -1.52. The first-order chi connectivity index (χ1) is 14.6. The molecular formula is C11H15FN4O13P3+. The van der Waals surface area contributed by atoms with Crippen molar-refractivity contribution in [2.75, 3.05) is 19.0 Å². The fourth-order valence-corrected chi connectivity index (χ4v) is 5.35. The highest BCUT2D eigenvalue weighted by molar-refractivity contribution is 7.64. The number of hydrogen-bond donors (Lipinski definition) is 6. The van der Waals surface area contributed by atoms with Crippen LogP contribution < -0.4 is 11.4 Å². The molecule has 1 saturated heterocycles. The zero-order valence-corrected chi connectivity index (χ0v) is 18.0. The van der Waals surface area contributed by atoms with E-state index in [1.54, 1.807) is 0 Å². The number of nitrogens with zero attached hydrogens (tertiary/aromatic N) is 3. The highest BCUT2D eigenvalue weighted by atomic mass is 31.3. The van der Waals surface area contributed by atoms with Crippen molar-refractivity contribution < 1.29 is 60.9 Å². The maximum absolute atomic E-state index is 13.9. The molecule has 2 rings (SSSR count). The first-order valence-corrected chi connectivity index (χ1v) is 12.0. The molecule has 178 valence electrons. The standard InChI is InChI=1S/C11H14FN4O13P3/c12-3-10(5-26-31(22,23)29-32(24,25)28-30(20)21)7(17)8(18)11(4-13,27-10)16-2-1-6(14)15-9(16)19/h1-2,7-8,17-18H,3,5H2,(H4-,14,15,19,20,21,22,23,24,25)/p+1/t7-,8+,10+,11+/m0/s1. The molecule has 0 spiro atoms. The van der Waals surface area contributed by atoms with Gasteiger partial charge in [-0.3, -0.25) is 14.0 Å². The van der Waals surface area contributed by atoms with Crippen molar-refractivity contribution in [3.63, 3.8) is 0 Å². The minimum atomic E-state index is -5.66. The van der Waals surface area contributed by atoms with Crippen LogP contribution in [0.15, 0.2) is 17.1 Å². The molecule has 0 aromatic carbocycles. The Kier molecular flexibility index (Phi) is 7.70. The number of rotatable bonds is 9. The van der Waals surface area contributed by atoms with E-state index in [-0.39, 0.29) is 5.82 Å². The Morgan fingerprint density at radius 3 is 2.50 bits per heavy atom. The Labute approximate surface area is 177 Å². The van der Waals surface area contributed by atoms with Gasteiger partial charge in [-0.15, -0.1) is 4.89 Å². The molecule has 1 aromatic rings. The van der Waals surface area contributed by atoms with E-state index in [0.29, 0.717) is 4.57 Å². The van der Waals surface area contributed by atoms with E-state index < -0.39 is 66.4 Å². The number of aliphatic hydroxyl groups excluding tert-OH is 2. The monoisotopic (exact) mass is 523 g/mol. The van der Waals surface area contributed by atoms with Gasteiger partial charge in [0.25, 0.3) is 5.72 Å². The summed E-state index contributed by atoms with van der Waals surface area (Å²) in [6.45, 7) is -3.29. The van der Waals surface area contributed by atoms with Crippen molar-refractivity contribution in [1.29, 1.82) is 5.26 Å². The average molecular weight is 523 g/mol. The lowest BCUT2D eigenvalue weighted by molar-refractivity contribution is -0.167. The van der Waals surface area contributed by atoms with Crippen molar-refractivity contribution in [2.45, 2.75) is 23.5 Å². The van der Waals surface area contributed by atoms with E-state index in [1.807, 2.05) is 0 Å². The molecular weight excluding hydrogens is 508 g/mol. The molecule has 0 amide bonds. The fourth-order valence-electron chi connectivity index (χ4n) is 2.64. The second kappa shape index (κ2) is 9.27. The molecule has 32 heavy (non-hydrogen) atoms. The third kappa shape index (κ3) is 5.26.